The summed E-state index contributed by atoms with van der Waals surface area (Å²) in [5.41, 5.74) is 1.77. The number of fused-ring (bicyclic) bond motifs is 1. The molecule has 0 amide bonds. The van der Waals surface area contributed by atoms with Gasteiger partial charge in [-0.2, -0.15) is 0 Å². The lowest BCUT2D eigenvalue weighted by Gasteiger charge is -2.48. The zero-order valence-electron chi connectivity index (χ0n) is 21.0. The van der Waals surface area contributed by atoms with Gasteiger partial charge in [-0.3, -0.25) is 4.79 Å². The maximum atomic E-state index is 12.3. The third kappa shape index (κ3) is 5.20. The lowest BCUT2D eigenvalue weighted by atomic mass is 9.57. The molecule has 3 heteroatoms. The van der Waals surface area contributed by atoms with E-state index in [1.165, 1.54) is 82.7 Å². The van der Waals surface area contributed by atoms with Crippen molar-refractivity contribution in [2.45, 2.75) is 95.6 Å². The van der Waals surface area contributed by atoms with Crippen molar-refractivity contribution in [2.75, 3.05) is 13.1 Å². The summed E-state index contributed by atoms with van der Waals surface area (Å²) in [7, 11) is 0. The van der Waals surface area contributed by atoms with Gasteiger partial charge in [0.05, 0.1) is 0 Å². The van der Waals surface area contributed by atoms with E-state index in [0.29, 0.717) is 17.9 Å². The van der Waals surface area contributed by atoms with Crippen LogP contribution in [0.4, 0.5) is 0 Å². The van der Waals surface area contributed by atoms with Crippen molar-refractivity contribution >= 4 is 5.78 Å². The highest BCUT2D eigenvalue weighted by molar-refractivity contribution is 5.90. The Labute approximate surface area is 207 Å². The van der Waals surface area contributed by atoms with Crippen LogP contribution in [0.5, 0.6) is 0 Å². The van der Waals surface area contributed by atoms with E-state index in [0.717, 1.165) is 24.8 Å². The Hall–Kier alpha value is -1.87. The maximum Gasteiger partial charge on any atom is 0.159 e. The molecule has 2 aliphatic heterocycles. The van der Waals surface area contributed by atoms with Crippen LogP contribution in [0.1, 0.15) is 82.6 Å². The molecule has 1 saturated carbocycles. The number of carbonyl (C=O) groups is 1. The van der Waals surface area contributed by atoms with E-state index in [1.54, 1.807) is 0 Å². The van der Waals surface area contributed by atoms with E-state index < -0.39 is 0 Å². The molecule has 0 radical (unpaired) electrons. The van der Waals surface area contributed by atoms with Gasteiger partial charge in [-0.25, -0.2) is 0 Å². The molecule has 34 heavy (non-hydrogen) atoms. The smallest absolute Gasteiger partial charge is 0.159 e. The number of ketones is 1. The lowest BCUT2D eigenvalue weighted by molar-refractivity contribution is -0.116. The number of nitrogens with zero attached hydrogens (tertiary/aromatic N) is 1. The second-order valence-electron chi connectivity index (χ2n) is 11.4. The summed E-state index contributed by atoms with van der Waals surface area (Å²) in [5.74, 6) is 1.74. The zero-order valence-corrected chi connectivity index (χ0v) is 21.0. The molecule has 3 nitrogen and oxygen atoms in total. The van der Waals surface area contributed by atoms with E-state index in [-0.39, 0.29) is 11.8 Å². The highest BCUT2D eigenvalue weighted by atomic mass is 16.1. The summed E-state index contributed by atoms with van der Waals surface area (Å²) in [4.78, 5) is 14.8. The van der Waals surface area contributed by atoms with Crippen molar-refractivity contribution < 1.29 is 4.79 Å². The van der Waals surface area contributed by atoms with Crippen molar-refractivity contribution in [1.82, 2.24) is 10.2 Å². The standard InChI is InChI=1S/C31H44N2O/c34-29-18-21-33(28(23-29)22-25-12-6-5-7-13-25)20-17-27-24-32-30-16-10-11-19-31(27,30)26-14-8-3-1-2-4-9-15-26/h5-8,12-14,18,21,26-28,30,32H,1-4,9-11,15-17,19-20,22-24H2/b14-8-. The molecule has 5 unspecified atom stereocenters. The second-order valence-corrected chi connectivity index (χ2v) is 11.4. The van der Waals surface area contributed by atoms with Gasteiger partial charge in [-0.05, 0) is 80.4 Å². The molecule has 2 fully saturated rings. The number of allylic oxidation sites excluding steroid dienone is 3. The number of carbonyl (C=O) groups excluding carboxylic acids is 1. The first kappa shape index (κ1) is 23.9. The Kier molecular flexibility index (Phi) is 7.89. The molecule has 0 bridgehead atoms. The predicted octanol–water partition coefficient (Wildman–Crippen LogP) is 6.45. The van der Waals surface area contributed by atoms with E-state index in [1.807, 2.05) is 6.08 Å². The van der Waals surface area contributed by atoms with Crippen LogP contribution in [0, 0.1) is 17.3 Å². The van der Waals surface area contributed by atoms with Gasteiger partial charge in [0.1, 0.15) is 0 Å². The third-order valence-corrected chi connectivity index (χ3v) is 9.47. The number of hydrogen-bond acceptors (Lipinski definition) is 3. The highest BCUT2D eigenvalue weighted by Crippen LogP contribution is 2.54. The normalized spacial score (nSPS) is 35.3. The summed E-state index contributed by atoms with van der Waals surface area (Å²) in [6.45, 7) is 2.24. The van der Waals surface area contributed by atoms with Crippen LogP contribution in [0.25, 0.3) is 0 Å². The average Bonchev–Trinajstić information content (AvgIpc) is 3.29. The minimum absolute atomic E-state index is 0.277. The van der Waals surface area contributed by atoms with Crippen LogP contribution in [0.15, 0.2) is 54.8 Å². The highest BCUT2D eigenvalue weighted by Gasteiger charge is 2.54. The van der Waals surface area contributed by atoms with Gasteiger partial charge in [0.25, 0.3) is 0 Å². The van der Waals surface area contributed by atoms with E-state index in [9.17, 15) is 4.79 Å². The van der Waals surface area contributed by atoms with E-state index in [4.69, 9.17) is 0 Å². The van der Waals surface area contributed by atoms with Crippen molar-refractivity contribution in [2.24, 2.45) is 17.3 Å². The maximum absolute atomic E-state index is 12.3. The van der Waals surface area contributed by atoms with E-state index >= 15 is 0 Å². The predicted molar refractivity (Wildman–Crippen MR) is 141 cm³/mol. The fourth-order valence-corrected chi connectivity index (χ4v) is 7.74. The summed E-state index contributed by atoms with van der Waals surface area (Å²) >= 11 is 0. The van der Waals surface area contributed by atoms with Gasteiger partial charge >= 0.3 is 0 Å². The Morgan fingerprint density at radius 2 is 1.85 bits per heavy atom. The van der Waals surface area contributed by atoms with Crippen molar-refractivity contribution in [3.05, 3.63) is 60.3 Å². The Balaban J connectivity index is 1.32. The fraction of sp³-hybridized carbons (Fsp3) is 0.645. The summed E-state index contributed by atoms with van der Waals surface area (Å²) in [5, 5.41) is 4.02. The monoisotopic (exact) mass is 460 g/mol. The van der Waals surface area contributed by atoms with Crippen LogP contribution < -0.4 is 5.32 Å². The number of hydrogen-bond donors (Lipinski definition) is 1. The average molecular weight is 461 g/mol. The fourth-order valence-electron chi connectivity index (χ4n) is 7.74. The Bertz CT molecular complexity index is 861. The minimum Gasteiger partial charge on any atom is -0.373 e. The Morgan fingerprint density at radius 1 is 1.00 bits per heavy atom. The third-order valence-electron chi connectivity index (χ3n) is 9.47. The zero-order chi connectivity index (χ0) is 23.2. The molecule has 5 atom stereocenters. The summed E-state index contributed by atoms with van der Waals surface area (Å²) < 4.78 is 0. The summed E-state index contributed by atoms with van der Waals surface area (Å²) in [6, 6.07) is 11.7. The van der Waals surface area contributed by atoms with Gasteiger partial charge in [0.15, 0.2) is 5.78 Å². The van der Waals surface area contributed by atoms with Crippen molar-refractivity contribution in [1.29, 1.82) is 0 Å². The molecule has 1 saturated heterocycles. The molecule has 5 rings (SSSR count). The SMILES string of the molecule is O=C1C=CN(CCC2CNC3CCCCC23C2/C=C\CCCCCC2)C(Cc2ccccc2)C1. The van der Waals surface area contributed by atoms with Gasteiger partial charge < -0.3 is 10.2 Å². The van der Waals surface area contributed by atoms with Crippen molar-refractivity contribution in [3.63, 3.8) is 0 Å². The second kappa shape index (κ2) is 11.2. The molecule has 1 aromatic carbocycles. The topological polar surface area (TPSA) is 32.3 Å². The molecule has 184 valence electrons. The first-order chi connectivity index (χ1) is 16.8. The molecule has 1 N–H and O–H groups in total. The van der Waals surface area contributed by atoms with Crippen LogP contribution in [0.3, 0.4) is 0 Å². The summed E-state index contributed by atoms with van der Waals surface area (Å²) in [6.07, 6.45) is 25.7. The van der Waals surface area contributed by atoms with Crippen molar-refractivity contribution in [3.8, 4) is 0 Å². The van der Waals surface area contributed by atoms with Gasteiger partial charge in [-0.15, -0.1) is 0 Å². The first-order valence-electron chi connectivity index (χ1n) is 14.2. The van der Waals surface area contributed by atoms with Crippen LogP contribution >= 0.6 is 0 Å². The lowest BCUT2D eigenvalue weighted by Crippen LogP contribution is -2.48. The molecule has 2 aliphatic carbocycles. The number of benzene rings is 1. The number of nitrogens with one attached hydrogen (secondary N) is 1. The Morgan fingerprint density at radius 3 is 2.76 bits per heavy atom. The molecule has 0 spiro atoms. The molecular weight excluding hydrogens is 416 g/mol. The van der Waals surface area contributed by atoms with Gasteiger partial charge in [-0.1, -0.05) is 74.6 Å². The van der Waals surface area contributed by atoms with Crippen LogP contribution in [-0.4, -0.2) is 35.9 Å². The molecule has 1 aromatic rings. The van der Waals surface area contributed by atoms with Crippen LogP contribution in [0.2, 0.25) is 0 Å². The first-order valence-corrected chi connectivity index (χ1v) is 14.2. The van der Waals surface area contributed by atoms with Gasteiger partial charge in [0.2, 0.25) is 0 Å². The number of rotatable bonds is 6. The minimum atomic E-state index is 0.277. The molecule has 4 aliphatic rings. The molecule has 2 heterocycles. The van der Waals surface area contributed by atoms with E-state index in [2.05, 4.69) is 58.9 Å². The molecular formula is C31H44N2O. The quantitative estimate of drug-likeness (QED) is 0.495. The largest absolute Gasteiger partial charge is 0.373 e. The molecule has 0 aromatic heterocycles. The van der Waals surface area contributed by atoms with Crippen LogP contribution in [-0.2, 0) is 11.2 Å². The van der Waals surface area contributed by atoms with Gasteiger partial charge in [0, 0.05) is 31.2 Å².